The van der Waals surface area contributed by atoms with Crippen molar-refractivity contribution in [2.24, 2.45) is 29.6 Å². The Hall–Kier alpha value is -0.980. The molecule has 33 heavy (non-hydrogen) atoms. The zero-order chi connectivity index (χ0) is 22.9. The first-order valence-electron chi connectivity index (χ1n) is 15.0. The standard InChI is InChI=1S/C32H52O/c1-3-5-6-7-8-25-9-11-26(12-10-25)13-14-27-15-16-31-24-30(18-17-29(31)23-27)28-19-21-32(22-20-28)33-4-2/h19-22,25-27,29-31H,3-18,23-24H2,1-2H3. The summed E-state index contributed by atoms with van der Waals surface area (Å²) < 4.78 is 5.64. The molecule has 1 nitrogen and oxygen atoms in total. The third-order valence-corrected chi connectivity index (χ3v) is 9.80. The summed E-state index contributed by atoms with van der Waals surface area (Å²) >= 11 is 0. The van der Waals surface area contributed by atoms with Crippen LogP contribution in [0.5, 0.6) is 5.75 Å². The maximum absolute atomic E-state index is 5.64. The van der Waals surface area contributed by atoms with Crippen molar-refractivity contribution < 1.29 is 4.74 Å². The zero-order valence-electron chi connectivity index (χ0n) is 21.9. The molecule has 0 spiro atoms. The van der Waals surface area contributed by atoms with Crippen LogP contribution in [-0.2, 0) is 0 Å². The van der Waals surface area contributed by atoms with Crippen molar-refractivity contribution >= 4 is 0 Å². The van der Waals surface area contributed by atoms with Gasteiger partial charge in [0.15, 0.2) is 0 Å². The maximum Gasteiger partial charge on any atom is 0.119 e. The minimum Gasteiger partial charge on any atom is -0.494 e. The Kier molecular flexibility index (Phi) is 10.0. The van der Waals surface area contributed by atoms with Crippen LogP contribution in [-0.4, -0.2) is 6.61 Å². The van der Waals surface area contributed by atoms with Crippen LogP contribution in [0.25, 0.3) is 0 Å². The van der Waals surface area contributed by atoms with Crippen LogP contribution >= 0.6 is 0 Å². The average Bonchev–Trinajstić information content (AvgIpc) is 2.86. The van der Waals surface area contributed by atoms with Crippen molar-refractivity contribution in [1.82, 2.24) is 0 Å². The van der Waals surface area contributed by atoms with Gasteiger partial charge in [0.25, 0.3) is 0 Å². The smallest absolute Gasteiger partial charge is 0.119 e. The summed E-state index contributed by atoms with van der Waals surface area (Å²) in [6.45, 7) is 5.15. The predicted molar refractivity (Wildman–Crippen MR) is 142 cm³/mol. The van der Waals surface area contributed by atoms with Gasteiger partial charge in [-0.1, -0.05) is 96.1 Å². The number of ether oxygens (including phenoxy) is 1. The first-order valence-corrected chi connectivity index (χ1v) is 15.0. The molecule has 3 saturated carbocycles. The van der Waals surface area contributed by atoms with Gasteiger partial charge in [-0.15, -0.1) is 0 Å². The Morgan fingerprint density at radius 1 is 0.636 bits per heavy atom. The molecular formula is C32H52O. The SMILES string of the molecule is CCCCCCC1CCC(CCC2CCC3CC(c4ccc(OCC)cc4)CCC3C2)CC1. The summed E-state index contributed by atoms with van der Waals surface area (Å²) in [7, 11) is 0. The van der Waals surface area contributed by atoms with Crippen LogP contribution in [0, 0.1) is 29.6 Å². The number of unbranched alkanes of at least 4 members (excludes halogenated alkanes) is 3. The fourth-order valence-electron chi connectivity index (χ4n) is 7.69. The van der Waals surface area contributed by atoms with E-state index in [2.05, 4.69) is 38.1 Å². The highest BCUT2D eigenvalue weighted by atomic mass is 16.5. The first kappa shape index (κ1) is 25.1. The van der Waals surface area contributed by atoms with E-state index in [0.29, 0.717) is 0 Å². The van der Waals surface area contributed by atoms with E-state index in [0.717, 1.165) is 47.9 Å². The van der Waals surface area contributed by atoms with E-state index in [1.165, 1.54) is 70.6 Å². The summed E-state index contributed by atoms with van der Waals surface area (Å²) in [6.07, 6.45) is 25.5. The molecule has 1 aromatic carbocycles. The van der Waals surface area contributed by atoms with Gasteiger partial charge in [0.2, 0.25) is 0 Å². The lowest BCUT2D eigenvalue weighted by molar-refractivity contribution is 0.108. The van der Waals surface area contributed by atoms with Crippen LogP contribution < -0.4 is 4.74 Å². The Morgan fingerprint density at radius 2 is 1.27 bits per heavy atom. The van der Waals surface area contributed by atoms with Gasteiger partial charge in [0.1, 0.15) is 5.75 Å². The van der Waals surface area contributed by atoms with Crippen LogP contribution in [0.2, 0.25) is 0 Å². The maximum atomic E-state index is 5.64. The van der Waals surface area contributed by atoms with Crippen molar-refractivity contribution in [2.45, 2.75) is 129 Å². The molecule has 0 saturated heterocycles. The lowest BCUT2D eigenvalue weighted by Gasteiger charge is -2.43. The highest BCUT2D eigenvalue weighted by molar-refractivity contribution is 5.29. The van der Waals surface area contributed by atoms with Gasteiger partial charge in [-0.25, -0.2) is 0 Å². The fraction of sp³-hybridized carbons (Fsp3) is 0.812. The largest absolute Gasteiger partial charge is 0.494 e. The predicted octanol–water partition coefficient (Wildman–Crippen LogP) is 9.94. The van der Waals surface area contributed by atoms with Gasteiger partial charge in [-0.2, -0.15) is 0 Å². The van der Waals surface area contributed by atoms with Crippen molar-refractivity contribution in [3.63, 3.8) is 0 Å². The van der Waals surface area contributed by atoms with Crippen molar-refractivity contribution in [3.8, 4) is 5.75 Å². The minimum atomic E-state index is 0.758. The summed E-state index contributed by atoms with van der Waals surface area (Å²) in [5.74, 6) is 7.01. The normalized spacial score (nSPS) is 32.3. The van der Waals surface area contributed by atoms with Gasteiger partial charge >= 0.3 is 0 Å². The van der Waals surface area contributed by atoms with Gasteiger partial charge in [0, 0.05) is 0 Å². The molecule has 4 rings (SSSR count). The minimum absolute atomic E-state index is 0.758. The van der Waals surface area contributed by atoms with Gasteiger partial charge < -0.3 is 4.74 Å². The van der Waals surface area contributed by atoms with Crippen LogP contribution in [0.4, 0.5) is 0 Å². The highest BCUT2D eigenvalue weighted by Crippen LogP contribution is 2.49. The second-order valence-corrected chi connectivity index (χ2v) is 12.0. The Labute approximate surface area is 205 Å². The van der Waals surface area contributed by atoms with Crippen molar-refractivity contribution in [3.05, 3.63) is 29.8 Å². The Balaban J connectivity index is 1.13. The first-order chi connectivity index (χ1) is 16.2. The Morgan fingerprint density at radius 3 is 2.00 bits per heavy atom. The van der Waals surface area contributed by atoms with Crippen LogP contribution in [0.15, 0.2) is 24.3 Å². The van der Waals surface area contributed by atoms with E-state index < -0.39 is 0 Å². The van der Waals surface area contributed by atoms with Gasteiger partial charge in [0.05, 0.1) is 6.61 Å². The van der Waals surface area contributed by atoms with Gasteiger partial charge in [-0.05, 0) is 92.2 Å². The van der Waals surface area contributed by atoms with Crippen LogP contribution in [0.3, 0.4) is 0 Å². The highest BCUT2D eigenvalue weighted by Gasteiger charge is 2.36. The molecule has 0 radical (unpaired) electrons. The average molecular weight is 453 g/mol. The summed E-state index contributed by atoms with van der Waals surface area (Å²) in [5.41, 5.74) is 1.56. The third kappa shape index (κ3) is 7.50. The molecule has 4 unspecified atom stereocenters. The van der Waals surface area contributed by atoms with E-state index in [9.17, 15) is 0 Å². The van der Waals surface area contributed by atoms with E-state index in [4.69, 9.17) is 4.74 Å². The molecule has 3 aliphatic carbocycles. The summed E-state index contributed by atoms with van der Waals surface area (Å²) in [6, 6.07) is 9.03. The van der Waals surface area contributed by atoms with Crippen LogP contribution in [0.1, 0.15) is 134 Å². The molecule has 0 aromatic heterocycles. The van der Waals surface area contributed by atoms with Crippen molar-refractivity contribution in [2.75, 3.05) is 6.61 Å². The molecule has 0 heterocycles. The van der Waals surface area contributed by atoms with Gasteiger partial charge in [-0.3, -0.25) is 0 Å². The quantitative estimate of drug-likeness (QED) is 0.303. The molecule has 4 atom stereocenters. The summed E-state index contributed by atoms with van der Waals surface area (Å²) in [5, 5.41) is 0. The topological polar surface area (TPSA) is 9.23 Å². The van der Waals surface area contributed by atoms with E-state index >= 15 is 0 Å². The molecule has 1 aromatic rings. The zero-order valence-corrected chi connectivity index (χ0v) is 21.9. The van der Waals surface area contributed by atoms with Crippen molar-refractivity contribution in [1.29, 1.82) is 0 Å². The number of hydrogen-bond acceptors (Lipinski definition) is 1. The number of hydrogen-bond donors (Lipinski definition) is 0. The second-order valence-electron chi connectivity index (χ2n) is 12.0. The Bertz CT molecular complexity index is 656. The molecule has 0 N–H and O–H groups in total. The third-order valence-electron chi connectivity index (χ3n) is 9.80. The lowest BCUT2D eigenvalue weighted by Crippen LogP contribution is -2.30. The monoisotopic (exact) mass is 452 g/mol. The molecule has 0 bridgehead atoms. The molecule has 0 amide bonds. The number of rotatable bonds is 11. The van der Waals surface area contributed by atoms with E-state index in [-0.39, 0.29) is 0 Å². The number of fused-ring (bicyclic) bond motifs is 1. The van der Waals surface area contributed by atoms with E-state index in [1.54, 1.807) is 44.1 Å². The molecule has 3 aliphatic rings. The molecular weight excluding hydrogens is 400 g/mol. The molecule has 1 heteroatoms. The molecule has 3 fully saturated rings. The molecule has 186 valence electrons. The number of benzene rings is 1. The van der Waals surface area contributed by atoms with E-state index in [1.807, 2.05) is 0 Å². The fourth-order valence-corrected chi connectivity index (χ4v) is 7.69. The second kappa shape index (κ2) is 13.2. The lowest BCUT2D eigenvalue weighted by atomic mass is 9.63. The summed E-state index contributed by atoms with van der Waals surface area (Å²) in [4.78, 5) is 0. The molecule has 0 aliphatic heterocycles.